The van der Waals surface area contributed by atoms with E-state index >= 15 is 0 Å². The first kappa shape index (κ1) is 20.7. The second kappa shape index (κ2) is 8.76. The Labute approximate surface area is 194 Å². The zero-order valence-corrected chi connectivity index (χ0v) is 19.4. The standard InChI is InChI=1S/C25H22N4OS2/c1-16(2)29-24(20-14-31-22-13-6-5-11-19(20)22)27-28-25(29)32-15-23(30)26-21-12-7-9-17-8-3-4-10-18(17)21/h3-14,16H,15H2,1-2H3,(H,26,30). The molecule has 0 aliphatic carbocycles. The molecule has 2 aromatic heterocycles. The predicted octanol–water partition coefficient (Wildman–Crippen LogP) is 6.62. The summed E-state index contributed by atoms with van der Waals surface area (Å²) in [4.78, 5) is 12.7. The maximum absolute atomic E-state index is 12.7. The van der Waals surface area contributed by atoms with Crippen molar-refractivity contribution in [3.63, 3.8) is 0 Å². The van der Waals surface area contributed by atoms with Gasteiger partial charge < -0.3 is 5.32 Å². The molecule has 0 saturated carbocycles. The minimum Gasteiger partial charge on any atom is -0.325 e. The molecule has 1 N–H and O–H groups in total. The van der Waals surface area contributed by atoms with Gasteiger partial charge in [0.05, 0.1) is 5.75 Å². The van der Waals surface area contributed by atoms with Crippen LogP contribution in [0, 0.1) is 0 Å². The van der Waals surface area contributed by atoms with Crippen molar-refractivity contribution in [2.75, 3.05) is 11.1 Å². The summed E-state index contributed by atoms with van der Waals surface area (Å²) in [6, 6.07) is 22.5. The molecule has 0 fully saturated rings. The van der Waals surface area contributed by atoms with Gasteiger partial charge in [0.15, 0.2) is 11.0 Å². The third-order valence-corrected chi connectivity index (χ3v) is 7.21. The van der Waals surface area contributed by atoms with Gasteiger partial charge in [-0.2, -0.15) is 0 Å². The Hall–Kier alpha value is -3.16. The number of carbonyl (C=O) groups excluding carboxylic acids is 1. The number of fused-ring (bicyclic) bond motifs is 2. The van der Waals surface area contributed by atoms with Crippen LogP contribution in [0.5, 0.6) is 0 Å². The van der Waals surface area contributed by atoms with Crippen LogP contribution >= 0.6 is 23.1 Å². The van der Waals surface area contributed by atoms with Crippen molar-refractivity contribution in [3.8, 4) is 11.4 Å². The second-order valence-corrected chi connectivity index (χ2v) is 9.63. The van der Waals surface area contributed by atoms with E-state index in [4.69, 9.17) is 0 Å². The lowest BCUT2D eigenvalue weighted by Crippen LogP contribution is -2.15. The van der Waals surface area contributed by atoms with Crippen LogP contribution in [0.4, 0.5) is 5.69 Å². The Bertz CT molecular complexity index is 1410. The summed E-state index contributed by atoms with van der Waals surface area (Å²) >= 11 is 3.12. The van der Waals surface area contributed by atoms with Crippen molar-refractivity contribution in [1.82, 2.24) is 14.8 Å². The van der Waals surface area contributed by atoms with E-state index in [0.717, 1.165) is 33.0 Å². The number of carbonyl (C=O) groups is 1. The molecule has 0 unspecified atom stereocenters. The Morgan fingerprint density at radius 2 is 1.75 bits per heavy atom. The average molecular weight is 459 g/mol. The zero-order chi connectivity index (χ0) is 22.1. The fourth-order valence-electron chi connectivity index (χ4n) is 3.83. The number of aromatic nitrogens is 3. The minimum absolute atomic E-state index is 0.0628. The molecular formula is C25H22N4OS2. The average Bonchev–Trinajstić information content (AvgIpc) is 3.42. The Kier molecular flexibility index (Phi) is 5.68. The first-order valence-electron chi connectivity index (χ1n) is 10.4. The lowest BCUT2D eigenvalue weighted by molar-refractivity contribution is -0.113. The molecule has 0 radical (unpaired) electrons. The monoisotopic (exact) mass is 458 g/mol. The summed E-state index contributed by atoms with van der Waals surface area (Å²) < 4.78 is 3.34. The van der Waals surface area contributed by atoms with Crippen LogP contribution < -0.4 is 5.32 Å². The van der Waals surface area contributed by atoms with Gasteiger partial charge in [0, 0.05) is 38.1 Å². The van der Waals surface area contributed by atoms with Crippen LogP contribution in [-0.2, 0) is 4.79 Å². The lowest BCUT2D eigenvalue weighted by Gasteiger charge is -2.13. The molecule has 160 valence electrons. The summed E-state index contributed by atoms with van der Waals surface area (Å²) in [6.07, 6.45) is 0. The van der Waals surface area contributed by atoms with Crippen LogP contribution in [-0.4, -0.2) is 26.4 Å². The van der Waals surface area contributed by atoms with Gasteiger partial charge in [0.25, 0.3) is 0 Å². The van der Waals surface area contributed by atoms with Gasteiger partial charge in [-0.3, -0.25) is 9.36 Å². The SMILES string of the molecule is CC(C)n1c(SCC(=O)Nc2cccc3ccccc23)nnc1-c1csc2ccccc12. The highest BCUT2D eigenvalue weighted by Gasteiger charge is 2.20. The molecule has 1 amide bonds. The van der Waals surface area contributed by atoms with E-state index in [1.165, 1.54) is 21.8 Å². The number of amides is 1. The summed E-state index contributed by atoms with van der Waals surface area (Å²) in [5.74, 6) is 1.04. The lowest BCUT2D eigenvalue weighted by atomic mass is 10.1. The van der Waals surface area contributed by atoms with Crippen molar-refractivity contribution in [3.05, 3.63) is 72.1 Å². The Balaban J connectivity index is 1.37. The number of hydrogen-bond acceptors (Lipinski definition) is 5. The number of thiophene rings is 1. The molecule has 0 saturated heterocycles. The molecule has 32 heavy (non-hydrogen) atoms. The molecule has 0 atom stereocenters. The maximum atomic E-state index is 12.7. The molecule has 7 heteroatoms. The van der Waals surface area contributed by atoms with Crippen molar-refractivity contribution in [2.24, 2.45) is 0 Å². The highest BCUT2D eigenvalue weighted by atomic mass is 32.2. The van der Waals surface area contributed by atoms with Gasteiger partial charge in [-0.1, -0.05) is 66.4 Å². The van der Waals surface area contributed by atoms with Gasteiger partial charge in [-0.25, -0.2) is 0 Å². The maximum Gasteiger partial charge on any atom is 0.234 e. The number of nitrogens with zero attached hydrogens (tertiary/aromatic N) is 3. The second-order valence-electron chi connectivity index (χ2n) is 7.78. The molecule has 0 aliphatic heterocycles. The first-order valence-corrected chi connectivity index (χ1v) is 12.3. The third-order valence-electron chi connectivity index (χ3n) is 5.30. The zero-order valence-electron chi connectivity index (χ0n) is 17.8. The van der Waals surface area contributed by atoms with Crippen LogP contribution in [0.25, 0.3) is 32.2 Å². The number of benzene rings is 3. The quantitative estimate of drug-likeness (QED) is 0.290. The van der Waals surface area contributed by atoms with E-state index in [2.05, 4.69) is 51.4 Å². The highest BCUT2D eigenvalue weighted by Crippen LogP contribution is 2.36. The summed E-state index contributed by atoms with van der Waals surface area (Å²) in [5.41, 5.74) is 1.91. The normalized spacial score (nSPS) is 11.5. The van der Waals surface area contributed by atoms with Crippen molar-refractivity contribution < 1.29 is 4.79 Å². The van der Waals surface area contributed by atoms with E-state index in [1.807, 2.05) is 54.6 Å². The van der Waals surface area contributed by atoms with Crippen molar-refractivity contribution >= 4 is 55.6 Å². The fraction of sp³-hybridized carbons (Fsp3) is 0.160. The van der Waals surface area contributed by atoms with Gasteiger partial charge in [0.2, 0.25) is 5.91 Å². The van der Waals surface area contributed by atoms with E-state index < -0.39 is 0 Å². The highest BCUT2D eigenvalue weighted by molar-refractivity contribution is 7.99. The molecule has 5 aromatic rings. The number of rotatable bonds is 6. The van der Waals surface area contributed by atoms with Crippen LogP contribution in [0.3, 0.4) is 0 Å². The number of hydrogen-bond donors (Lipinski definition) is 1. The summed E-state index contributed by atoms with van der Waals surface area (Å²) in [7, 11) is 0. The third kappa shape index (κ3) is 3.89. The van der Waals surface area contributed by atoms with E-state index in [0.29, 0.717) is 0 Å². The number of thioether (sulfide) groups is 1. The van der Waals surface area contributed by atoms with Gasteiger partial charge >= 0.3 is 0 Å². The molecule has 0 bridgehead atoms. The van der Waals surface area contributed by atoms with Gasteiger partial charge in [0.1, 0.15) is 0 Å². The van der Waals surface area contributed by atoms with Gasteiger partial charge in [-0.15, -0.1) is 21.5 Å². The fourth-order valence-corrected chi connectivity index (χ4v) is 5.63. The van der Waals surface area contributed by atoms with Crippen LogP contribution in [0.2, 0.25) is 0 Å². The van der Waals surface area contributed by atoms with Crippen molar-refractivity contribution in [2.45, 2.75) is 25.0 Å². The van der Waals surface area contributed by atoms with Crippen LogP contribution in [0.15, 0.2) is 77.3 Å². The minimum atomic E-state index is -0.0628. The Morgan fingerprint density at radius 3 is 2.59 bits per heavy atom. The summed E-state index contributed by atoms with van der Waals surface area (Å²) in [6.45, 7) is 4.23. The molecule has 0 spiro atoms. The van der Waals surface area contributed by atoms with E-state index in [-0.39, 0.29) is 17.7 Å². The number of anilines is 1. The number of nitrogens with one attached hydrogen (secondary N) is 1. The van der Waals surface area contributed by atoms with E-state index in [1.54, 1.807) is 11.3 Å². The molecule has 5 rings (SSSR count). The first-order chi connectivity index (χ1) is 15.6. The van der Waals surface area contributed by atoms with Crippen molar-refractivity contribution in [1.29, 1.82) is 0 Å². The van der Waals surface area contributed by atoms with Gasteiger partial charge in [-0.05, 0) is 31.4 Å². The topological polar surface area (TPSA) is 59.8 Å². The molecule has 0 aliphatic rings. The predicted molar refractivity (Wildman–Crippen MR) is 135 cm³/mol. The Morgan fingerprint density at radius 1 is 1.00 bits per heavy atom. The summed E-state index contributed by atoms with van der Waals surface area (Å²) in [5, 5.41) is 18.2. The largest absolute Gasteiger partial charge is 0.325 e. The molecule has 2 heterocycles. The van der Waals surface area contributed by atoms with E-state index in [9.17, 15) is 4.79 Å². The molecule has 5 nitrogen and oxygen atoms in total. The molecular weight excluding hydrogens is 436 g/mol. The molecule has 3 aromatic carbocycles. The smallest absolute Gasteiger partial charge is 0.234 e. The van der Waals surface area contributed by atoms with Crippen LogP contribution in [0.1, 0.15) is 19.9 Å².